The van der Waals surface area contributed by atoms with Gasteiger partial charge in [0.1, 0.15) is 0 Å². The topological polar surface area (TPSA) is 56.7 Å². The monoisotopic (exact) mass is 490 g/mol. The molecule has 2 rings (SSSR count). The summed E-state index contributed by atoms with van der Waals surface area (Å²) in [6.07, 6.45) is 2.20. The number of nitrogens with zero attached hydrogens (tertiary/aromatic N) is 2. The van der Waals surface area contributed by atoms with Crippen LogP contribution in [0.4, 0.5) is 0 Å². The summed E-state index contributed by atoms with van der Waals surface area (Å²) < 4.78 is 12.2. The molecule has 0 aromatic heterocycles. The molecule has 0 saturated carbocycles. The molecule has 0 aliphatic carbocycles. The van der Waals surface area contributed by atoms with Crippen LogP contribution < -0.4 is 10.6 Å². The lowest BCUT2D eigenvalue weighted by molar-refractivity contribution is 0.221. The van der Waals surface area contributed by atoms with E-state index in [9.17, 15) is 4.21 Å². The molecule has 1 heterocycles. The lowest BCUT2D eigenvalue weighted by atomic mass is 10.0. The van der Waals surface area contributed by atoms with Gasteiger partial charge in [-0.3, -0.25) is 14.1 Å². The van der Waals surface area contributed by atoms with Crippen LogP contribution in [0.3, 0.4) is 0 Å². The quantitative estimate of drug-likeness (QED) is 0.267. The van der Waals surface area contributed by atoms with Crippen molar-refractivity contribution in [3.8, 4) is 0 Å². The van der Waals surface area contributed by atoms with Gasteiger partial charge in [-0.05, 0) is 31.9 Å². The molecule has 0 radical (unpaired) electrons. The van der Waals surface area contributed by atoms with E-state index in [0.29, 0.717) is 18.3 Å². The van der Waals surface area contributed by atoms with Crippen LogP contribution in [0, 0.1) is 0 Å². The summed E-state index contributed by atoms with van der Waals surface area (Å²) in [5.41, 5.74) is 1.22. The number of likely N-dealkylation sites (tertiary alicyclic amines) is 1. The summed E-state index contributed by atoms with van der Waals surface area (Å²) >= 11 is 0. The molecule has 0 amide bonds. The highest BCUT2D eigenvalue weighted by Crippen LogP contribution is 2.11. The zero-order valence-electron chi connectivity index (χ0n) is 15.7. The minimum absolute atomic E-state index is 0. The van der Waals surface area contributed by atoms with E-state index in [0.717, 1.165) is 43.3 Å². The second kappa shape index (κ2) is 12.5. The third kappa shape index (κ3) is 8.18. The largest absolute Gasteiger partial charge is 0.355 e. The van der Waals surface area contributed by atoms with Crippen LogP contribution in [-0.2, 0) is 10.8 Å². The van der Waals surface area contributed by atoms with E-state index >= 15 is 0 Å². The number of aliphatic imine (C=N–C) groups is 1. The van der Waals surface area contributed by atoms with Crippen molar-refractivity contribution < 1.29 is 4.21 Å². The number of hydrogen-bond acceptors (Lipinski definition) is 3. The van der Waals surface area contributed by atoms with Crippen molar-refractivity contribution in [1.82, 2.24) is 15.5 Å². The van der Waals surface area contributed by atoms with E-state index < -0.39 is 10.8 Å². The fourth-order valence-electron chi connectivity index (χ4n) is 2.96. The van der Waals surface area contributed by atoms with E-state index in [1.54, 1.807) is 7.05 Å². The van der Waals surface area contributed by atoms with Crippen molar-refractivity contribution in [1.29, 1.82) is 0 Å². The van der Waals surface area contributed by atoms with Crippen LogP contribution in [-0.4, -0.2) is 60.1 Å². The molecule has 1 saturated heterocycles. The van der Waals surface area contributed by atoms with Gasteiger partial charge in [0.2, 0.25) is 0 Å². The first-order chi connectivity index (χ1) is 12.1. The Morgan fingerprint density at radius 3 is 2.54 bits per heavy atom. The van der Waals surface area contributed by atoms with E-state index in [2.05, 4.69) is 34.0 Å². The van der Waals surface area contributed by atoms with Gasteiger partial charge in [-0.2, -0.15) is 0 Å². The van der Waals surface area contributed by atoms with Gasteiger partial charge in [0.05, 0.1) is 10.8 Å². The molecule has 5 nitrogen and oxygen atoms in total. The summed E-state index contributed by atoms with van der Waals surface area (Å²) in [6.45, 7) is 9.86. The van der Waals surface area contributed by atoms with Gasteiger partial charge in [0.25, 0.3) is 0 Å². The Morgan fingerprint density at radius 1 is 1.31 bits per heavy atom. The molecule has 26 heavy (non-hydrogen) atoms. The Hall–Kier alpha value is -0.930. The van der Waals surface area contributed by atoms with Crippen LogP contribution in [0.1, 0.15) is 19.8 Å². The van der Waals surface area contributed by atoms with E-state index in [4.69, 9.17) is 0 Å². The number of halogens is 1. The molecule has 2 N–H and O–H groups in total. The van der Waals surface area contributed by atoms with E-state index in [1.165, 1.54) is 5.57 Å². The molecule has 7 heteroatoms. The Balaban J connectivity index is 0.00000338. The third-order valence-electron chi connectivity index (χ3n) is 4.23. The lowest BCUT2D eigenvalue weighted by Gasteiger charge is -2.33. The number of hydrogen-bond donors (Lipinski definition) is 2. The Morgan fingerprint density at radius 2 is 1.96 bits per heavy atom. The van der Waals surface area contributed by atoms with Gasteiger partial charge in [-0.15, -0.1) is 24.0 Å². The van der Waals surface area contributed by atoms with Crippen molar-refractivity contribution in [3.05, 3.63) is 42.5 Å². The molecule has 1 aliphatic heterocycles. The standard InChI is InChI=1S/C19H30N4OS.HI/c1-16(2)15-23-12-9-17(10-13-23)22-19(20-3)21-11-14-25(24)18-7-5-4-6-8-18;/h4-8,17H,1,9-15H2,2-3H3,(H2,20,21,22);1H. The Bertz CT molecular complexity index is 601. The predicted molar refractivity (Wildman–Crippen MR) is 122 cm³/mol. The molecule has 146 valence electrons. The lowest BCUT2D eigenvalue weighted by Crippen LogP contribution is -2.49. The maximum absolute atomic E-state index is 12.2. The molecule has 1 atom stereocenters. The zero-order chi connectivity index (χ0) is 18.1. The molecular weight excluding hydrogens is 459 g/mol. The highest BCUT2D eigenvalue weighted by Gasteiger charge is 2.19. The normalized spacial score (nSPS) is 17.2. The predicted octanol–water partition coefficient (Wildman–Crippen LogP) is 2.62. The first kappa shape index (κ1) is 23.1. The molecule has 1 aliphatic rings. The number of nitrogens with one attached hydrogen (secondary N) is 2. The fourth-order valence-corrected chi connectivity index (χ4v) is 3.94. The zero-order valence-corrected chi connectivity index (χ0v) is 18.9. The molecule has 0 bridgehead atoms. The first-order valence-electron chi connectivity index (χ1n) is 8.86. The smallest absolute Gasteiger partial charge is 0.191 e. The maximum atomic E-state index is 12.2. The number of rotatable bonds is 7. The summed E-state index contributed by atoms with van der Waals surface area (Å²) in [6, 6.07) is 10.0. The van der Waals surface area contributed by atoms with Gasteiger partial charge >= 0.3 is 0 Å². The van der Waals surface area contributed by atoms with Gasteiger partial charge in [-0.25, -0.2) is 0 Å². The van der Waals surface area contributed by atoms with Crippen LogP contribution >= 0.6 is 24.0 Å². The molecule has 1 fully saturated rings. The van der Waals surface area contributed by atoms with Crippen LogP contribution in [0.25, 0.3) is 0 Å². The Kier molecular flexibility index (Phi) is 11.1. The molecular formula is C19H31IN4OS. The average Bonchev–Trinajstić information content (AvgIpc) is 2.62. The van der Waals surface area contributed by atoms with Crippen molar-refractivity contribution in [2.75, 3.05) is 39.0 Å². The molecule has 1 unspecified atom stereocenters. The van der Waals surface area contributed by atoms with Gasteiger partial charge < -0.3 is 10.6 Å². The summed E-state index contributed by atoms with van der Waals surface area (Å²) in [7, 11) is 0.798. The second-order valence-corrected chi connectivity index (χ2v) is 8.08. The molecule has 1 aromatic rings. The summed E-state index contributed by atoms with van der Waals surface area (Å²) in [5.74, 6) is 1.37. The third-order valence-corrected chi connectivity index (χ3v) is 5.60. The van der Waals surface area contributed by atoms with Crippen molar-refractivity contribution in [2.45, 2.75) is 30.7 Å². The van der Waals surface area contributed by atoms with E-state index in [1.807, 2.05) is 30.3 Å². The van der Waals surface area contributed by atoms with E-state index in [-0.39, 0.29) is 24.0 Å². The van der Waals surface area contributed by atoms with Crippen LogP contribution in [0.2, 0.25) is 0 Å². The second-order valence-electron chi connectivity index (χ2n) is 6.51. The average molecular weight is 490 g/mol. The fraction of sp³-hybridized carbons (Fsp3) is 0.526. The maximum Gasteiger partial charge on any atom is 0.191 e. The minimum Gasteiger partial charge on any atom is -0.355 e. The minimum atomic E-state index is -0.979. The van der Waals surface area contributed by atoms with Crippen LogP contribution in [0.15, 0.2) is 52.4 Å². The number of piperidine rings is 1. The Labute approximate surface area is 177 Å². The summed E-state index contributed by atoms with van der Waals surface area (Å²) in [5, 5.41) is 6.76. The van der Waals surface area contributed by atoms with Gasteiger partial charge in [-0.1, -0.05) is 30.4 Å². The van der Waals surface area contributed by atoms with Crippen LogP contribution in [0.5, 0.6) is 0 Å². The van der Waals surface area contributed by atoms with Crippen molar-refractivity contribution >= 4 is 40.7 Å². The molecule has 1 aromatic carbocycles. The van der Waals surface area contributed by atoms with Gasteiger partial charge in [0.15, 0.2) is 5.96 Å². The number of benzene rings is 1. The summed E-state index contributed by atoms with van der Waals surface area (Å²) in [4.78, 5) is 7.60. The van der Waals surface area contributed by atoms with Crippen molar-refractivity contribution in [3.63, 3.8) is 0 Å². The van der Waals surface area contributed by atoms with Crippen molar-refractivity contribution in [2.24, 2.45) is 4.99 Å². The molecule has 0 spiro atoms. The van der Waals surface area contributed by atoms with Gasteiger partial charge in [0, 0.05) is 49.9 Å². The highest BCUT2D eigenvalue weighted by molar-refractivity contribution is 14.0. The SMILES string of the molecule is C=C(C)CN1CCC(NC(=NC)NCCS(=O)c2ccccc2)CC1.I. The highest BCUT2D eigenvalue weighted by atomic mass is 127. The first-order valence-corrected chi connectivity index (χ1v) is 10.2. The number of guanidine groups is 1.